The van der Waals surface area contributed by atoms with E-state index in [0.29, 0.717) is 12.8 Å². The Morgan fingerprint density at radius 1 is 0.545 bits per heavy atom. The summed E-state index contributed by atoms with van der Waals surface area (Å²) in [5, 5.41) is 0. The van der Waals surface area contributed by atoms with Gasteiger partial charge in [-0.25, -0.2) is 0 Å². The fourth-order valence-corrected chi connectivity index (χ4v) is 1.75. The molecule has 0 aliphatic heterocycles. The Balaban J connectivity index is 3.40. The van der Waals surface area contributed by atoms with Gasteiger partial charge >= 0.3 is 23.9 Å². The second kappa shape index (κ2) is 13.0. The standard InChI is InChI=1S/C16H26O6/c1-3-13(17)21-15(19)11-9-7-5-6-8-10-12-16(20)22-14(18)4-2/h3-12H2,1-2H3. The van der Waals surface area contributed by atoms with Crippen molar-refractivity contribution >= 4 is 23.9 Å². The van der Waals surface area contributed by atoms with Crippen LogP contribution >= 0.6 is 0 Å². The van der Waals surface area contributed by atoms with Gasteiger partial charge in [0.15, 0.2) is 0 Å². The van der Waals surface area contributed by atoms with Crippen LogP contribution in [0.2, 0.25) is 0 Å². The highest BCUT2D eigenvalue weighted by Crippen LogP contribution is 2.10. The van der Waals surface area contributed by atoms with Crippen molar-refractivity contribution in [2.45, 2.75) is 78.1 Å². The Bertz CT molecular complexity index is 339. The third kappa shape index (κ3) is 12.1. The summed E-state index contributed by atoms with van der Waals surface area (Å²) >= 11 is 0. The summed E-state index contributed by atoms with van der Waals surface area (Å²) < 4.78 is 9.11. The zero-order valence-electron chi connectivity index (χ0n) is 13.5. The van der Waals surface area contributed by atoms with E-state index in [1.807, 2.05) is 0 Å². The summed E-state index contributed by atoms with van der Waals surface area (Å²) in [6.07, 6.45) is 6.01. The Hall–Kier alpha value is -1.72. The third-order valence-electron chi connectivity index (χ3n) is 3.04. The van der Waals surface area contributed by atoms with Gasteiger partial charge in [0.05, 0.1) is 0 Å². The van der Waals surface area contributed by atoms with Crippen LogP contribution in [0, 0.1) is 0 Å². The summed E-state index contributed by atoms with van der Waals surface area (Å²) in [7, 11) is 0. The van der Waals surface area contributed by atoms with Crippen molar-refractivity contribution in [3.63, 3.8) is 0 Å². The van der Waals surface area contributed by atoms with Gasteiger partial charge in [-0.05, 0) is 12.8 Å². The number of rotatable bonds is 11. The molecule has 0 radical (unpaired) electrons. The zero-order chi connectivity index (χ0) is 16.8. The molecule has 0 saturated heterocycles. The average molecular weight is 314 g/mol. The van der Waals surface area contributed by atoms with Crippen LogP contribution in [0.25, 0.3) is 0 Å². The summed E-state index contributed by atoms with van der Waals surface area (Å²) in [6, 6.07) is 0. The molecule has 0 aromatic heterocycles. The first-order valence-corrected chi connectivity index (χ1v) is 7.96. The molecular weight excluding hydrogens is 288 g/mol. The van der Waals surface area contributed by atoms with E-state index in [0.717, 1.165) is 25.7 Å². The van der Waals surface area contributed by atoms with Crippen molar-refractivity contribution < 1.29 is 28.7 Å². The Morgan fingerprint density at radius 3 is 1.18 bits per heavy atom. The molecule has 0 heterocycles. The van der Waals surface area contributed by atoms with Gasteiger partial charge in [0.2, 0.25) is 0 Å². The smallest absolute Gasteiger partial charge is 0.313 e. The number of unbranched alkanes of at least 4 members (excludes halogenated alkanes) is 5. The normalized spacial score (nSPS) is 10.1. The first-order valence-electron chi connectivity index (χ1n) is 7.96. The molecule has 6 heteroatoms. The molecule has 0 aliphatic carbocycles. The molecule has 0 aromatic rings. The highest BCUT2D eigenvalue weighted by Gasteiger charge is 2.08. The lowest BCUT2D eigenvalue weighted by molar-refractivity contribution is -0.161. The van der Waals surface area contributed by atoms with Crippen molar-refractivity contribution in [2.75, 3.05) is 0 Å². The maximum atomic E-state index is 11.2. The molecule has 0 saturated carbocycles. The summed E-state index contributed by atoms with van der Waals surface area (Å²) in [5.74, 6) is -1.90. The molecule has 0 spiro atoms. The lowest BCUT2D eigenvalue weighted by atomic mass is 10.1. The molecule has 0 aliphatic rings. The highest BCUT2D eigenvalue weighted by molar-refractivity contribution is 5.85. The van der Waals surface area contributed by atoms with Crippen LogP contribution < -0.4 is 0 Å². The minimum absolute atomic E-state index is 0.206. The molecule has 6 nitrogen and oxygen atoms in total. The van der Waals surface area contributed by atoms with E-state index in [9.17, 15) is 19.2 Å². The second-order valence-electron chi connectivity index (χ2n) is 5.02. The number of hydrogen-bond acceptors (Lipinski definition) is 6. The van der Waals surface area contributed by atoms with Crippen molar-refractivity contribution in [2.24, 2.45) is 0 Å². The van der Waals surface area contributed by atoms with E-state index in [4.69, 9.17) is 0 Å². The van der Waals surface area contributed by atoms with Crippen LogP contribution in [-0.4, -0.2) is 23.9 Å². The molecule has 0 bridgehead atoms. The van der Waals surface area contributed by atoms with Crippen molar-refractivity contribution in [3.05, 3.63) is 0 Å². The third-order valence-corrected chi connectivity index (χ3v) is 3.04. The number of carbonyl (C=O) groups excluding carboxylic acids is 4. The minimum Gasteiger partial charge on any atom is -0.393 e. The molecule has 22 heavy (non-hydrogen) atoms. The molecule has 0 fully saturated rings. The quantitative estimate of drug-likeness (QED) is 0.331. The minimum atomic E-state index is -0.488. The SMILES string of the molecule is CCC(=O)OC(=O)CCCCCCCCC(=O)OC(=O)CC. The van der Waals surface area contributed by atoms with Gasteiger partial charge in [0.1, 0.15) is 0 Å². The first kappa shape index (κ1) is 20.3. The molecular formula is C16H26O6. The first-order chi connectivity index (χ1) is 10.5. The Kier molecular flexibility index (Phi) is 12.0. The molecule has 0 atom stereocenters. The van der Waals surface area contributed by atoms with Crippen LogP contribution in [0.4, 0.5) is 0 Å². The highest BCUT2D eigenvalue weighted by atomic mass is 16.6. The van der Waals surface area contributed by atoms with E-state index in [2.05, 4.69) is 9.47 Å². The van der Waals surface area contributed by atoms with E-state index in [-0.39, 0.29) is 25.7 Å². The average Bonchev–Trinajstić information content (AvgIpc) is 2.49. The summed E-state index contributed by atoms with van der Waals surface area (Å²) in [4.78, 5) is 44.2. The monoisotopic (exact) mass is 314 g/mol. The summed E-state index contributed by atoms with van der Waals surface area (Å²) in [6.45, 7) is 3.28. The number of ether oxygens (including phenoxy) is 2. The van der Waals surface area contributed by atoms with Crippen LogP contribution in [0.3, 0.4) is 0 Å². The molecule has 126 valence electrons. The summed E-state index contributed by atoms with van der Waals surface area (Å²) in [5.41, 5.74) is 0. The van der Waals surface area contributed by atoms with Gasteiger partial charge in [-0.2, -0.15) is 0 Å². The van der Waals surface area contributed by atoms with Gasteiger partial charge in [0.25, 0.3) is 0 Å². The number of esters is 4. The predicted octanol–water partition coefficient (Wildman–Crippen LogP) is 3.07. The molecule has 0 N–H and O–H groups in total. The number of hydrogen-bond donors (Lipinski definition) is 0. The van der Waals surface area contributed by atoms with E-state index >= 15 is 0 Å². The lowest BCUT2D eigenvalue weighted by Gasteiger charge is -2.03. The molecule has 0 aromatic carbocycles. The van der Waals surface area contributed by atoms with Crippen molar-refractivity contribution in [1.29, 1.82) is 0 Å². The maximum absolute atomic E-state index is 11.2. The number of carbonyl (C=O) groups is 4. The van der Waals surface area contributed by atoms with Crippen LogP contribution in [0.15, 0.2) is 0 Å². The van der Waals surface area contributed by atoms with Crippen LogP contribution in [0.1, 0.15) is 78.1 Å². The Labute approximate surface area is 131 Å². The second-order valence-corrected chi connectivity index (χ2v) is 5.02. The molecule has 0 unspecified atom stereocenters. The van der Waals surface area contributed by atoms with Crippen LogP contribution in [0.5, 0.6) is 0 Å². The van der Waals surface area contributed by atoms with Gasteiger partial charge in [-0.15, -0.1) is 0 Å². The molecule has 0 rings (SSSR count). The van der Waals surface area contributed by atoms with Crippen molar-refractivity contribution in [3.8, 4) is 0 Å². The van der Waals surface area contributed by atoms with Gasteiger partial charge < -0.3 is 9.47 Å². The van der Waals surface area contributed by atoms with E-state index in [1.165, 1.54) is 0 Å². The fraction of sp³-hybridized carbons (Fsp3) is 0.750. The van der Waals surface area contributed by atoms with Gasteiger partial charge in [-0.1, -0.05) is 39.5 Å². The van der Waals surface area contributed by atoms with E-state index in [1.54, 1.807) is 13.8 Å². The predicted molar refractivity (Wildman–Crippen MR) is 79.7 cm³/mol. The van der Waals surface area contributed by atoms with E-state index < -0.39 is 23.9 Å². The van der Waals surface area contributed by atoms with Crippen LogP contribution in [-0.2, 0) is 28.7 Å². The fourth-order valence-electron chi connectivity index (χ4n) is 1.75. The maximum Gasteiger partial charge on any atom is 0.313 e. The lowest BCUT2D eigenvalue weighted by Crippen LogP contribution is -2.10. The van der Waals surface area contributed by atoms with Crippen molar-refractivity contribution in [1.82, 2.24) is 0 Å². The zero-order valence-corrected chi connectivity index (χ0v) is 13.5. The largest absolute Gasteiger partial charge is 0.393 e. The Morgan fingerprint density at radius 2 is 0.864 bits per heavy atom. The van der Waals surface area contributed by atoms with Gasteiger partial charge in [-0.3, -0.25) is 19.2 Å². The topological polar surface area (TPSA) is 86.7 Å². The molecule has 0 amide bonds. The van der Waals surface area contributed by atoms with Gasteiger partial charge in [0, 0.05) is 25.7 Å².